The Morgan fingerprint density at radius 3 is 2.84 bits per heavy atom. The second kappa shape index (κ2) is 7.60. The van der Waals surface area contributed by atoms with Crippen LogP contribution in [-0.4, -0.2) is 90.9 Å². The highest BCUT2D eigenvalue weighted by atomic mass is 32.2. The van der Waals surface area contributed by atoms with Crippen LogP contribution in [0.4, 0.5) is 0 Å². The quantitative estimate of drug-likeness (QED) is 0.629. The number of aromatic nitrogens is 2. The van der Waals surface area contributed by atoms with E-state index in [0.717, 1.165) is 0 Å². The second-order valence-corrected chi connectivity index (χ2v) is 9.26. The molecular formula is C14H22N4O5S2. The van der Waals surface area contributed by atoms with Gasteiger partial charge in [0, 0.05) is 26.2 Å². The van der Waals surface area contributed by atoms with E-state index in [-0.39, 0.29) is 36.1 Å². The highest BCUT2D eigenvalue weighted by molar-refractivity contribution is 7.97. The van der Waals surface area contributed by atoms with Gasteiger partial charge in [-0.1, -0.05) is 5.16 Å². The summed E-state index contributed by atoms with van der Waals surface area (Å²) in [7, 11) is -1.73. The van der Waals surface area contributed by atoms with E-state index in [0.29, 0.717) is 37.1 Å². The molecule has 0 unspecified atom stereocenters. The van der Waals surface area contributed by atoms with Gasteiger partial charge in [-0.2, -0.15) is 16.7 Å². The van der Waals surface area contributed by atoms with Crippen molar-refractivity contribution in [3.63, 3.8) is 0 Å². The molecule has 2 aliphatic rings. The zero-order valence-electron chi connectivity index (χ0n) is 14.3. The minimum atomic E-state index is -3.19. The molecule has 140 valence electrons. The third kappa shape index (κ3) is 4.15. The Morgan fingerprint density at radius 2 is 2.12 bits per heavy atom. The van der Waals surface area contributed by atoms with Crippen LogP contribution in [0.5, 0.6) is 0 Å². The number of ether oxygens (including phenoxy) is 1. The van der Waals surface area contributed by atoms with Crippen molar-refractivity contribution >= 4 is 27.5 Å². The monoisotopic (exact) mass is 390 g/mol. The Kier molecular flexibility index (Phi) is 5.66. The summed E-state index contributed by atoms with van der Waals surface area (Å²) in [5.41, 5.74) is 0. The smallest absolute Gasteiger partial charge is 0.248 e. The summed E-state index contributed by atoms with van der Waals surface area (Å²) in [6.45, 7) is 1.38. The molecule has 0 N–H and O–H groups in total. The number of nitrogens with zero attached hydrogens (tertiary/aromatic N) is 4. The largest absolute Gasteiger partial charge is 0.375 e. The van der Waals surface area contributed by atoms with Crippen molar-refractivity contribution < 1.29 is 22.5 Å². The molecule has 1 aromatic heterocycles. The lowest BCUT2D eigenvalue weighted by atomic mass is 10.0. The van der Waals surface area contributed by atoms with Crippen LogP contribution < -0.4 is 0 Å². The zero-order valence-corrected chi connectivity index (χ0v) is 15.9. The maximum atomic E-state index is 12.2. The molecule has 25 heavy (non-hydrogen) atoms. The number of carbonyl (C=O) groups excluding carboxylic acids is 1. The van der Waals surface area contributed by atoms with Crippen LogP contribution in [0, 0.1) is 0 Å². The average molecular weight is 390 g/mol. The summed E-state index contributed by atoms with van der Waals surface area (Å²) in [6, 6.07) is -0.606. The standard InChI is InChI=1S/C14H22N4O5S2/c1-22-6-14(19)18-4-3-17(10-8-25(20,21)9-11(10)18)5-13-15-12(7-24-2)16-23-13/h10-11H,3-9H2,1-2H3/t10-,11+/m0/s1. The number of piperazine rings is 1. The number of thioether (sulfide) groups is 1. The van der Waals surface area contributed by atoms with Crippen molar-refractivity contribution in [3.05, 3.63) is 11.7 Å². The maximum absolute atomic E-state index is 12.2. The molecule has 0 aromatic carbocycles. The molecule has 9 nitrogen and oxygen atoms in total. The number of hydrogen-bond acceptors (Lipinski definition) is 9. The lowest BCUT2D eigenvalue weighted by molar-refractivity contribution is -0.141. The highest BCUT2D eigenvalue weighted by Gasteiger charge is 2.48. The van der Waals surface area contributed by atoms with Crippen LogP contribution in [0.25, 0.3) is 0 Å². The number of carbonyl (C=O) groups is 1. The van der Waals surface area contributed by atoms with E-state index in [1.165, 1.54) is 7.11 Å². The molecule has 0 radical (unpaired) electrons. The number of methoxy groups -OCH3 is 1. The Morgan fingerprint density at radius 1 is 1.36 bits per heavy atom. The van der Waals surface area contributed by atoms with E-state index in [9.17, 15) is 13.2 Å². The molecule has 0 bridgehead atoms. The van der Waals surface area contributed by atoms with E-state index in [4.69, 9.17) is 9.26 Å². The molecule has 0 spiro atoms. The van der Waals surface area contributed by atoms with E-state index in [2.05, 4.69) is 10.1 Å². The van der Waals surface area contributed by atoms with Crippen molar-refractivity contribution in [1.29, 1.82) is 0 Å². The Labute approximate surface area is 151 Å². The van der Waals surface area contributed by atoms with Crippen LogP contribution in [-0.2, 0) is 31.7 Å². The summed E-state index contributed by atoms with van der Waals surface area (Å²) >= 11 is 1.60. The fraction of sp³-hybridized carbons (Fsp3) is 0.786. The summed E-state index contributed by atoms with van der Waals surface area (Å²) < 4.78 is 34.5. The van der Waals surface area contributed by atoms with Crippen LogP contribution in [0.3, 0.4) is 0 Å². The topological polar surface area (TPSA) is 106 Å². The SMILES string of the molecule is COCC(=O)N1CCN(Cc2nc(CSC)no2)[C@H]2CS(=O)(=O)C[C@H]21. The van der Waals surface area contributed by atoms with Crippen molar-refractivity contribution in [2.45, 2.75) is 24.4 Å². The van der Waals surface area contributed by atoms with Gasteiger partial charge in [-0.15, -0.1) is 0 Å². The molecule has 3 heterocycles. The van der Waals surface area contributed by atoms with Crippen LogP contribution in [0.1, 0.15) is 11.7 Å². The minimum Gasteiger partial charge on any atom is -0.375 e. The molecule has 3 rings (SSSR count). The first kappa shape index (κ1) is 18.6. The van der Waals surface area contributed by atoms with Crippen molar-refractivity contribution in [1.82, 2.24) is 19.9 Å². The molecule has 2 fully saturated rings. The lowest BCUT2D eigenvalue weighted by Crippen LogP contribution is -2.60. The predicted molar refractivity (Wildman–Crippen MR) is 91.7 cm³/mol. The summed E-state index contributed by atoms with van der Waals surface area (Å²) in [5, 5.41) is 3.92. The third-order valence-corrected chi connectivity index (χ3v) is 6.75. The molecule has 2 atom stereocenters. The van der Waals surface area contributed by atoms with E-state index in [1.807, 2.05) is 11.2 Å². The molecule has 2 aliphatic heterocycles. The van der Waals surface area contributed by atoms with Gasteiger partial charge >= 0.3 is 0 Å². The van der Waals surface area contributed by atoms with Gasteiger partial charge in [0.05, 0.1) is 29.8 Å². The molecule has 1 aromatic rings. The van der Waals surface area contributed by atoms with E-state index in [1.54, 1.807) is 16.7 Å². The van der Waals surface area contributed by atoms with Crippen molar-refractivity contribution in [2.75, 3.05) is 44.6 Å². The Balaban J connectivity index is 1.75. The number of hydrogen-bond donors (Lipinski definition) is 0. The molecular weight excluding hydrogens is 368 g/mol. The summed E-state index contributed by atoms with van der Waals surface area (Å²) in [5.74, 6) is 1.64. The average Bonchev–Trinajstić information content (AvgIpc) is 3.11. The third-order valence-electron chi connectivity index (χ3n) is 4.50. The normalized spacial score (nSPS) is 25.9. The molecule has 1 amide bonds. The predicted octanol–water partition coefficient (Wildman–Crippen LogP) is -0.611. The number of rotatable bonds is 6. The molecule has 0 saturated carbocycles. The van der Waals surface area contributed by atoms with Crippen molar-refractivity contribution in [2.24, 2.45) is 0 Å². The van der Waals surface area contributed by atoms with Gasteiger partial charge < -0.3 is 14.2 Å². The highest BCUT2D eigenvalue weighted by Crippen LogP contribution is 2.28. The fourth-order valence-corrected chi connectivity index (χ4v) is 5.84. The number of fused-ring (bicyclic) bond motifs is 1. The Bertz CT molecular complexity index is 723. The van der Waals surface area contributed by atoms with Crippen LogP contribution >= 0.6 is 11.8 Å². The van der Waals surface area contributed by atoms with Gasteiger partial charge in [-0.3, -0.25) is 9.69 Å². The number of sulfone groups is 1. The maximum Gasteiger partial charge on any atom is 0.248 e. The Hall–Kier alpha value is -1.17. The second-order valence-electron chi connectivity index (χ2n) is 6.24. The molecule has 2 saturated heterocycles. The van der Waals surface area contributed by atoms with Gasteiger partial charge in [0.15, 0.2) is 15.7 Å². The molecule has 11 heteroatoms. The molecule has 0 aliphatic carbocycles. The first-order valence-electron chi connectivity index (χ1n) is 7.97. The fourth-order valence-electron chi connectivity index (χ4n) is 3.45. The van der Waals surface area contributed by atoms with Gasteiger partial charge in [-0.05, 0) is 6.26 Å². The van der Waals surface area contributed by atoms with E-state index >= 15 is 0 Å². The van der Waals surface area contributed by atoms with E-state index < -0.39 is 9.84 Å². The minimum absolute atomic E-state index is 0.00875. The van der Waals surface area contributed by atoms with Crippen LogP contribution in [0.15, 0.2) is 4.52 Å². The first-order valence-corrected chi connectivity index (χ1v) is 11.2. The van der Waals surface area contributed by atoms with Gasteiger partial charge in [0.25, 0.3) is 0 Å². The van der Waals surface area contributed by atoms with Crippen LogP contribution in [0.2, 0.25) is 0 Å². The summed E-state index contributed by atoms with van der Waals surface area (Å²) in [6.07, 6.45) is 1.96. The summed E-state index contributed by atoms with van der Waals surface area (Å²) in [4.78, 5) is 20.2. The van der Waals surface area contributed by atoms with Gasteiger partial charge in [0.2, 0.25) is 11.8 Å². The number of amides is 1. The van der Waals surface area contributed by atoms with Gasteiger partial charge in [-0.25, -0.2) is 8.42 Å². The van der Waals surface area contributed by atoms with Gasteiger partial charge in [0.1, 0.15) is 6.61 Å². The lowest BCUT2D eigenvalue weighted by Gasteiger charge is -2.43. The first-order chi connectivity index (χ1) is 11.9. The van der Waals surface area contributed by atoms with Crippen molar-refractivity contribution in [3.8, 4) is 0 Å². The zero-order chi connectivity index (χ0) is 18.0.